The topological polar surface area (TPSA) is 121 Å². The Hall–Kier alpha value is -3.17. The van der Waals surface area contributed by atoms with Crippen LogP contribution in [0.3, 0.4) is 0 Å². The zero-order chi connectivity index (χ0) is 30.6. The molecule has 0 radical (unpaired) electrons. The lowest BCUT2D eigenvalue weighted by Gasteiger charge is -2.28. The maximum absolute atomic E-state index is 10.8. The molecule has 1 amide bonds. The number of likely N-dealkylation sites (N-methyl/N-ethyl adjacent to an activating group) is 1. The summed E-state index contributed by atoms with van der Waals surface area (Å²) in [7, 11) is 2.09. The molecule has 0 bridgehead atoms. The van der Waals surface area contributed by atoms with Gasteiger partial charge in [-0.15, -0.1) is 0 Å². The molecule has 10 nitrogen and oxygen atoms in total. The number of nitriles is 1. The van der Waals surface area contributed by atoms with E-state index < -0.39 is 12.5 Å². The number of alkyl halides is 1. The number of rotatable bonds is 9. The first-order chi connectivity index (χ1) is 19.8. The van der Waals surface area contributed by atoms with E-state index in [1.165, 1.54) is 24.2 Å². The van der Waals surface area contributed by atoms with Crippen molar-refractivity contribution in [2.75, 3.05) is 38.5 Å². The molecule has 1 saturated heterocycles. The van der Waals surface area contributed by atoms with Gasteiger partial charge in [-0.25, -0.2) is 9.37 Å². The molecular weight excluding hydrogens is 551 g/mol. The number of halogens is 2. The Bertz CT molecular complexity index is 1070. The van der Waals surface area contributed by atoms with E-state index in [1.807, 2.05) is 19.9 Å². The molecule has 12 heteroatoms. The molecule has 1 aliphatic carbocycles. The third kappa shape index (κ3) is 13.8. The van der Waals surface area contributed by atoms with E-state index >= 15 is 0 Å². The van der Waals surface area contributed by atoms with Gasteiger partial charge in [-0.05, 0) is 39.3 Å². The lowest BCUT2D eigenvalue weighted by molar-refractivity contribution is -0.117. The number of aromatic nitrogens is 2. The van der Waals surface area contributed by atoms with Gasteiger partial charge >= 0.3 is 0 Å². The van der Waals surface area contributed by atoms with Gasteiger partial charge in [0.2, 0.25) is 12.2 Å². The number of anilines is 1. The number of aryl methyl sites for hydroxylation is 1. The molecule has 0 spiro atoms. The van der Waals surface area contributed by atoms with Crippen molar-refractivity contribution in [3.05, 3.63) is 52.4 Å². The van der Waals surface area contributed by atoms with Gasteiger partial charge in [0, 0.05) is 13.1 Å². The van der Waals surface area contributed by atoms with E-state index in [0.29, 0.717) is 17.3 Å². The summed E-state index contributed by atoms with van der Waals surface area (Å²) in [6, 6.07) is 10.6. The zero-order valence-corrected chi connectivity index (χ0v) is 25.4. The zero-order valence-electron chi connectivity index (χ0n) is 24.6. The van der Waals surface area contributed by atoms with Gasteiger partial charge in [-0.3, -0.25) is 24.9 Å². The van der Waals surface area contributed by atoms with Gasteiger partial charge in [-0.2, -0.15) is 10.2 Å². The Morgan fingerprint density at radius 3 is 2.32 bits per heavy atom. The van der Waals surface area contributed by atoms with Crippen LogP contribution < -0.4 is 10.4 Å². The smallest absolute Gasteiger partial charge is 0.234 e. The highest BCUT2D eigenvalue weighted by molar-refractivity contribution is 6.32. The number of ether oxygens (including phenoxy) is 2. The minimum absolute atomic E-state index is 0.0325. The summed E-state index contributed by atoms with van der Waals surface area (Å²) in [5.74, 6) is -0.00249. The number of nitrogens with zero attached hydrogens (tertiary/aromatic N) is 5. The molecule has 0 unspecified atom stereocenters. The first-order valence-electron chi connectivity index (χ1n) is 13.7. The molecule has 2 fully saturated rings. The molecule has 2 aliphatic rings. The number of ketones is 1. The number of amides is 1. The SMILES string of the molecule is CC.CC(=O)CF.Cc1ccc(CN(C)CC2OCCO2)cc1.N#Cc1ncc(Cl)c(N(NC=O)C2CCCC2)n1. The fourth-order valence-electron chi connectivity index (χ4n) is 3.98. The number of nitrogens with one attached hydrogen (secondary N) is 1. The maximum Gasteiger partial charge on any atom is 0.234 e. The standard InChI is InChI=1S/C13H19NO2.C11H12ClN5O.C3H5FO.C2H6/c1-11-3-5-12(6-4-11)9-14(2)10-13-15-7-8-16-13;12-9-6-14-10(5-13)16-11(9)17(15-7-18)8-3-1-2-4-8;1-3(5)2-4;1-2/h3-6,13H,7-10H2,1-2H3;6-8H,1-4H2,(H,15,18);2H2,1H3;1-2H3. The van der Waals surface area contributed by atoms with Crippen LogP contribution in [-0.2, 0) is 25.6 Å². The number of carbonyl (C=O) groups is 2. The van der Waals surface area contributed by atoms with Crippen LogP contribution in [0.5, 0.6) is 0 Å². The first kappa shape index (κ1) is 35.9. The van der Waals surface area contributed by atoms with Crippen LogP contribution in [0.4, 0.5) is 10.2 Å². The van der Waals surface area contributed by atoms with Crippen molar-refractivity contribution >= 4 is 29.6 Å². The number of benzene rings is 1. The minimum atomic E-state index is -0.833. The minimum Gasteiger partial charge on any atom is -0.349 e. The van der Waals surface area contributed by atoms with Gasteiger partial charge in [0.05, 0.1) is 25.5 Å². The summed E-state index contributed by atoms with van der Waals surface area (Å²) in [4.78, 5) is 30.2. The largest absolute Gasteiger partial charge is 0.349 e. The van der Waals surface area contributed by atoms with Crippen LogP contribution in [0.25, 0.3) is 0 Å². The van der Waals surface area contributed by atoms with Gasteiger partial charge in [-0.1, -0.05) is 68.1 Å². The average molecular weight is 593 g/mol. The summed E-state index contributed by atoms with van der Waals surface area (Å²) in [6.45, 7) is 9.69. The molecule has 1 aromatic carbocycles. The highest BCUT2D eigenvalue weighted by Crippen LogP contribution is 2.29. The number of hydrogen-bond acceptors (Lipinski definition) is 9. The van der Waals surface area contributed by atoms with Crippen molar-refractivity contribution < 1.29 is 23.5 Å². The second-order valence-corrected chi connectivity index (χ2v) is 9.63. The van der Waals surface area contributed by atoms with Crippen molar-refractivity contribution in [1.82, 2.24) is 20.3 Å². The molecule has 2 aromatic rings. The van der Waals surface area contributed by atoms with E-state index in [4.69, 9.17) is 26.3 Å². The number of carbonyl (C=O) groups excluding carboxylic acids is 2. The van der Waals surface area contributed by atoms with Gasteiger partial charge in [0.25, 0.3) is 0 Å². The summed E-state index contributed by atoms with van der Waals surface area (Å²) < 4.78 is 21.6. The van der Waals surface area contributed by atoms with Crippen molar-refractivity contribution in [3.63, 3.8) is 0 Å². The monoisotopic (exact) mass is 592 g/mol. The molecule has 1 aromatic heterocycles. The molecule has 4 rings (SSSR count). The van der Waals surface area contributed by atoms with Crippen molar-refractivity contribution in [3.8, 4) is 6.07 Å². The molecule has 0 atom stereocenters. The molecule has 41 heavy (non-hydrogen) atoms. The Labute approximate surface area is 247 Å². The van der Waals surface area contributed by atoms with E-state index in [-0.39, 0.29) is 18.2 Å². The van der Waals surface area contributed by atoms with E-state index in [1.54, 1.807) is 5.01 Å². The van der Waals surface area contributed by atoms with Crippen LogP contribution in [0.1, 0.15) is 63.4 Å². The fraction of sp³-hybridized carbons (Fsp3) is 0.552. The predicted octanol–water partition coefficient (Wildman–Crippen LogP) is 4.78. The van der Waals surface area contributed by atoms with Crippen molar-refractivity contribution in [1.29, 1.82) is 5.26 Å². The lowest BCUT2D eigenvalue weighted by atomic mass is 10.1. The second-order valence-electron chi connectivity index (χ2n) is 9.22. The maximum atomic E-state index is 10.8. The Kier molecular flexibility index (Phi) is 18.1. The quantitative estimate of drug-likeness (QED) is 0.324. The van der Waals surface area contributed by atoms with Gasteiger partial charge in [0.15, 0.2) is 17.9 Å². The predicted molar refractivity (Wildman–Crippen MR) is 157 cm³/mol. The van der Waals surface area contributed by atoms with E-state index in [2.05, 4.69) is 58.5 Å². The second kappa shape index (κ2) is 20.7. The van der Waals surface area contributed by atoms with Gasteiger partial charge in [0.1, 0.15) is 17.8 Å². The van der Waals surface area contributed by atoms with Crippen LogP contribution in [0, 0.1) is 18.3 Å². The Balaban J connectivity index is 0.000000337. The third-order valence-electron chi connectivity index (χ3n) is 5.85. The lowest BCUT2D eigenvalue weighted by Crippen LogP contribution is -2.45. The highest BCUT2D eigenvalue weighted by Gasteiger charge is 2.26. The third-order valence-corrected chi connectivity index (χ3v) is 6.11. The summed E-state index contributed by atoms with van der Waals surface area (Å²) in [6.07, 6.45) is 6.05. The molecular formula is C29H42ClFN6O4. The summed E-state index contributed by atoms with van der Waals surface area (Å²) >= 11 is 6.03. The van der Waals surface area contributed by atoms with E-state index in [0.717, 1.165) is 52.0 Å². The van der Waals surface area contributed by atoms with Crippen molar-refractivity contribution in [2.45, 2.75) is 72.3 Å². The molecule has 1 saturated carbocycles. The highest BCUT2D eigenvalue weighted by atomic mass is 35.5. The van der Waals surface area contributed by atoms with Crippen LogP contribution in [-0.4, -0.2) is 72.9 Å². The van der Waals surface area contributed by atoms with E-state index in [9.17, 15) is 14.0 Å². The number of hydrazine groups is 1. The van der Waals surface area contributed by atoms with Gasteiger partial charge < -0.3 is 9.47 Å². The van der Waals surface area contributed by atoms with Crippen LogP contribution in [0.2, 0.25) is 5.02 Å². The normalized spacial score (nSPS) is 14.4. The first-order valence-corrected chi connectivity index (χ1v) is 14.1. The Morgan fingerprint density at radius 2 is 1.80 bits per heavy atom. The van der Waals surface area contributed by atoms with Crippen LogP contribution in [0.15, 0.2) is 30.5 Å². The molecule has 1 N–H and O–H groups in total. The van der Waals surface area contributed by atoms with Crippen LogP contribution >= 0.6 is 11.6 Å². The van der Waals surface area contributed by atoms with Crippen molar-refractivity contribution in [2.24, 2.45) is 0 Å². The molecule has 2 heterocycles. The summed E-state index contributed by atoms with van der Waals surface area (Å²) in [5, 5.41) is 10.7. The fourth-order valence-corrected chi connectivity index (χ4v) is 4.16. The average Bonchev–Trinajstić information content (AvgIpc) is 3.70. The number of hydrogen-bond donors (Lipinski definition) is 1. The summed E-state index contributed by atoms with van der Waals surface area (Å²) in [5.41, 5.74) is 5.23. The number of Topliss-reactive ketones (excluding diaryl/α,β-unsaturated/α-hetero) is 1. The molecule has 1 aliphatic heterocycles. The molecule has 226 valence electrons. The Morgan fingerprint density at radius 1 is 1.22 bits per heavy atom.